The van der Waals surface area contributed by atoms with Gasteiger partial charge in [-0.1, -0.05) is 11.6 Å². The Morgan fingerprint density at radius 1 is 1.18 bits per heavy atom. The molecule has 3 rings (SSSR count). The van der Waals surface area contributed by atoms with E-state index in [1.165, 1.54) is 11.8 Å². The Hall–Kier alpha value is -2.29. The minimum atomic E-state index is 0.292. The first kappa shape index (κ1) is 9.90. The number of benzene rings is 1. The third-order valence-corrected chi connectivity index (χ3v) is 2.74. The molecule has 2 aromatic heterocycles. The van der Waals surface area contributed by atoms with Crippen molar-refractivity contribution in [1.82, 2.24) is 0 Å². The van der Waals surface area contributed by atoms with Crippen molar-refractivity contribution in [3.8, 4) is 11.3 Å². The van der Waals surface area contributed by atoms with E-state index >= 15 is 0 Å². The topological polar surface area (TPSA) is 43.4 Å². The first-order valence-corrected chi connectivity index (χ1v) is 5.31. The molecule has 3 nitrogen and oxygen atoms in total. The zero-order valence-electron chi connectivity index (χ0n) is 9.27. The molecule has 0 fully saturated rings. The van der Waals surface area contributed by atoms with Gasteiger partial charge in [0.05, 0.1) is 11.8 Å². The van der Waals surface area contributed by atoms with Gasteiger partial charge in [-0.2, -0.15) is 0 Å². The van der Waals surface area contributed by atoms with E-state index in [1.807, 2.05) is 31.2 Å². The fourth-order valence-corrected chi connectivity index (χ4v) is 1.91. The second-order valence-corrected chi connectivity index (χ2v) is 3.97. The average molecular weight is 226 g/mol. The SMILES string of the molecule is Cc1ccc2oc(-c3ccoc3C=O)cc2c1. The van der Waals surface area contributed by atoms with Crippen LogP contribution in [0, 0.1) is 6.92 Å². The summed E-state index contributed by atoms with van der Waals surface area (Å²) in [7, 11) is 0. The molecule has 0 radical (unpaired) electrons. The summed E-state index contributed by atoms with van der Waals surface area (Å²) in [5.41, 5.74) is 2.67. The average Bonchev–Trinajstić information content (AvgIpc) is 2.93. The molecule has 0 atom stereocenters. The second kappa shape index (κ2) is 3.63. The van der Waals surface area contributed by atoms with Crippen LogP contribution in [0.5, 0.6) is 0 Å². The summed E-state index contributed by atoms with van der Waals surface area (Å²) in [5.74, 6) is 0.947. The van der Waals surface area contributed by atoms with Gasteiger partial charge in [-0.3, -0.25) is 4.79 Å². The largest absolute Gasteiger partial charge is 0.461 e. The Morgan fingerprint density at radius 2 is 2.06 bits per heavy atom. The highest BCUT2D eigenvalue weighted by atomic mass is 16.4. The van der Waals surface area contributed by atoms with Gasteiger partial charge in [0.15, 0.2) is 12.0 Å². The molecular weight excluding hydrogens is 216 g/mol. The molecule has 2 heterocycles. The molecule has 0 N–H and O–H groups in total. The van der Waals surface area contributed by atoms with Gasteiger partial charge in [-0.25, -0.2) is 0 Å². The van der Waals surface area contributed by atoms with E-state index in [0.29, 0.717) is 23.4 Å². The van der Waals surface area contributed by atoms with Crippen LogP contribution in [0.15, 0.2) is 45.4 Å². The van der Waals surface area contributed by atoms with Gasteiger partial charge in [0, 0.05) is 5.39 Å². The number of aryl methyl sites for hydroxylation is 1. The van der Waals surface area contributed by atoms with Crippen molar-refractivity contribution in [2.24, 2.45) is 0 Å². The minimum Gasteiger partial charge on any atom is -0.461 e. The van der Waals surface area contributed by atoms with E-state index in [2.05, 4.69) is 0 Å². The Bertz CT molecular complexity index is 688. The van der Waals surface area contributed by atoms with E-state index < -0.39 is 0 Å². The van der Waals surface area contributed by atoms with E-state index in [-0.39, 0.29) is 0 Å². The van der Waals surface area contributed by atoms with Crippen LogP contribution in [0.2, 0.25) is 0 Å². The summed E-state index contributed by atoms with van der Waals surface area (Å²) in [6.45, 7) is 2.03. The molecule has 0 aliphatic carbocycles. The summed E-state index contributed by atoms with van der Waals surface area (Å²) in [6.07, 6.45) is 2.17. The molecule has 0 saturated carbocycles. The second-order valence-electron chi connectivity index (χ2n) is 3.97. The van der Waals surface area contributed by atoms with Gasteiger partial charge in [0.2, 0.25) is 0 Å². The van der Waals surface area contributed by atoms with Crippen molar-refractivity contribution in [2.75, 3.05) is 0 Å². The number of aldehydes is 1. The fourth-order valence-electron chi connectivity index (χ4n) is 1.91. The van der Waals surface area contributed by atoms with Crippen LogP contribution in [0.25, 0.3) is 22.3 Å². The number of rotatable bonds is 2. The lowest BCUT2D eigenvalue weighted by Crippen LogP contribution is -1.77. The standard InChI is InChI=1S/C14H10O3/c1-9-2-3-12-10(6-9)7-13(17-12)11-4-5-16-14(11)8-15/h2-8H,1H3. The first-order valence-electron chi connectivity index (χ1n) is 5.31. The number of carbonyl (C=O) groups excluding carboxylic acids is 1. The Labute approximate surface area is 97.7 Å². The third kappa shape index (κ3) is 1.56. The molecule has 0 aliphatic rings. The molecule has 17 heavy (non-hydrogen) atoms. The highest BCUT2D eigenvalue weighted by molar-refractivity contribution is 5.88. The Morgan fingerprint density at radius 3 is 2.88 bits per heavy atom. The number of furan rings is 2. The van der Waals surface area contributed by atoms with Gasteiger partial charge in [0.25, 0.3) is 0 Å². The quantitative estimate of drug-likeness (QED) is 0.624. The maximum absolute atomic E-state index is 10.8. The maximum atomic E-state index is 10.8. The summed E-state index contributed by atoms with van der Waals surface area (Å²) < 4.78 is 10.8. The molecule has 0 saturated heterocycles. The molecule has 1 aromatic carbocycles. The van der Waals surface area contributed by atoms with Gasteiger partial charge in [-0.05, 0) is 31.2 Å². The lowest BCUT2D eigenvalue weighted by atomic mass is 10.1. The molecule has 0 bridgehead atoms. The Balaban J connectivity index is 2.21. The normalized spacial score (nSPS) is 10.9. The van der Waals surface area contributed by atoms with Crippen LogP contribution >= 0.6 is 0 Å². The predicted octanol–water partition coefficient (Wildman–Crippen LogP) is 3.81. The number of fused-ring (bicyclic) bond motifs is 1. The molecule has 3 aromatic rings. The highest BCUT2D eigenvalue weighted by Crippen LogP contribution is 2.30. The van der Waals surface area contributed by atoms with Gasteiger partial charge < -0.3 is 8.83 Å². The molecular formula is C14H10O3. The van der Waals surface area contributed by atoms with Crippen molar-refractivity contribution in [3.05, 3.63) is 47.9 Å². The molecule has 3 heteroatoms. The van der Waals surface area contributed by atoms with E-state index in [1.54, 1.807) is 6.07 Å². The smallest absolute Gasteiger partial charge is 0.186 e. The molecule has 0 spiro atoms. The molecule has 0 aliphatic heterocycles. The van der Waals surface area contributed by atoms with Crippen LogP contribution in [0.3, 0.4) is 0 Å². The van der Waals surface area contributed by atoms with Crippen LogP contribution in [-0.2, 0) is 0 Å². The van der Waals surface area contributed by atoms with Crippen molar-refractivity contribution in [3.63, 3.8) is 0 Å². The van der Waals surface area contributed by atoms with E-state index in [9.17, 15) is 4.79 Å². The van der Waals surface area contributed by atoms with Crippen molar-refractivity contribution in [2.45, 2.75) is 6.92 Å². The fraction of sp³-hybridized carbons (Fsp3) is 0.0714. The zero-order valence-corrected chi connectivity index (χ0v) is 9.27. The van der Waals surface area contributed by atoms with Gasteiger partial charge in [-0.15, -0.1) is 0 Å². The van der Waals surface area contributed by atoms with Gasteiger partial charge >= 0.3 is 0 Å². The summed E-state index contributed by atoms with van der Waals surface area (Å²) in [6, 6.07) is 9.61. The number of hydrogen-bond acceptors (Lipinski definition) is 3. The highest BCUT2D eigenvalue weighted by Gasteiger charge is 2.12. The van der Waals surface area contributed by atoms with Crippen molar-refractivity contribution >= 4 is 17.3 Å². The summed E-state index contributed by atoms with van der Waals surface area (Å²) in [5, 5.41) is 1.03. The van der Waals surface area contributed by atoms with Crippen LogP contribution < -0.4 is 0 Å². The minimum absolute atomic E-state index is 0.292. The van der Waals surface area contributed by atoms with Gasteiger partial charge in [0.1, 0.15) is 11.3 Å². The van der Waals surface area contributed by atoms with Crippen molar-refractivity contribution < 1.29 is 13.6 Å². The molecule has 84 valence electrons. The zero-order chi connectivity index (χ0) is 11.8. The van der Waals surface area contributed by atoms with Crippen LogP contribution in [0.4, 0.5) is 0 Å². The molecule has 0 unspecified atom stereocenters. The van der Waals surface area contributed by atoms with E-state index in [4.69, 9.17) is 8.83 Å². The van der Waals surface area contributed by atoms with Crippen LogP contribution in [-0.4, -0.2) is 6.29 Å². The lowest BCUT2D eigenvalue weighted by molar-refractivity contribution is 0.110. The van der Waals surface area contributed by atoms with Crippen molar-refractivity contribution in [1.29, 1.82) is 0 Å². The summed E-state index contributed by atoms with van der Waals surface area (Å²) >= 11 is 0. The van der Waals surface area contributed by atoms with E-state index in [0.717, 1.165) is 11.0 Å². The monoisotopic (exact) mass is 226 g/mol. The lowest BCUT2D eigenvalue weighted by Gasteiger charge is -1.90. The third-order valence-electron chi connectivity index (χ3n) is 2.74. The number of carbonyl (C=O) groups is 1. The maximum Gasteiger partial charge on any atom is 0.186 e. The number of hydrogen-bond donors (Lipinski definition) is 0. The Kier molecular flexibility index (Phi) is 2.11. The summed E-state index contributed by atoms with van der Waals surface area (Å²) in [4.78, 5) is 10.8. The predicted molar refractivity (Wildman–Crippen MR) is 64.0 cm³/mol. The molecule has 0 amide bonds. The first-order chi connectivity index (χ1) is 8.28. The van der Waals surface area contributed by atoms with Crippen LogP contribution in [0.1, 0.15) is 16.1 Å².